The van der Waals surface area contributed by atoms with Gasteiger partial charge in [0.15, 0.2) is 22.4 Å². The molecule has 1 aliphatic heterocycles. The van der Waals surface area contributed by atoms with Crippen LogP contribution in [-0.4, -0.2) is 69.4 Å². The van der Waals surface area contributed by atoms with Crippen molar-refractivity contribution in [3.8, 4) is 11.5 Å². The van der Waals surface area contributed by atoms with Gasteiger partial charge in [0, 0.05) is 38.3 Å². The van der Waals surface area contributed by atoms with Crippen LogP contribution in [0.1, 0.15) is 12.0 Å². The van der Waals surface area contributed by atoms with Crippen molar-refractivity contribution < 1.29 is 27.8 Å². The van der Waals surface area contributed by atoms with Crippen molar-refractivity contribution in [2.75, 3.05) is 58.5 Å². The molecule has 7 nitrogen and oxygen atoms in total. The van der Waals surface area contributed by atoms with Crippen molar-refractivity contribution in [3.05, 3.63) is 53.6 Å². The summed E-state index contributed by atoms with van der Waals surface area (Å²) in [5.74, 6) is -0.591. The molecule has 1 fully saturated rings. The number of benzene rings is 2. The Hall–Kier alpha value is -2.79. The molecule has 36 heavy (non-hydrogen) atoms. The molecule has 0 saturated carbocycles. The number of ether oxygens (including phenoxy) is 3. The summed E-state index contributed by atoms with van der Waals surface area (Å²) >= 11 is 1.09. The number of hydrogen-bond donors (Lipinski definition) is 0. The van der Waals surface area contributed by atoms with E-state index in [2.05, 4.69) is 9.88 Å². The standard InChI is InChI=1S/C25H27F2N3O4S.ClH/c1-32-20-6-4-17(14-21(20)33-2)5-7-23(31)30(9-3-8-29-10-12-34-13-11-29)25-28-24-19(27)15-18(26)16-22(24)35-25;/h4-7,14-16H,3,8-13H2,1-2H3;1H/b7-5+;. The van der Waals surface area contributed by atoms with Gasteiger partial charge in [-0.2, -0.15) is 0 Å². The minimum atomic E-state index is -0.746. The van der Waals surface area contributed by atoms with Crippen LogP contribution >= 0.6 is 23.7 Å². The minimum Gasteiger partial charge on any atom is -0.493 e. The quantitative estimate of drug-likeness (QED) is 0.365. The maximum atomic E-state index is 14.3. The molecule has 2 aromatic carbocycles. The summed E-state index contributed by atoms with van der Waals surface area (Å²) in [5.41, 5.74) is 0.808. The molecule has 0 spiro atoms. The molecular weight excluding hydrogens is 512 g/mol. The third kappa shape index (κ3) is 6.70. The van der Waals surface area contributed by atoms with Gasteiger partial charge in [0.1, 0.15) is 11.3 Å². The smallest absolute Gasteiger partial charge is 0.252 e. The third-order valence-electron chi connectivity index (χ3n) is 5.68. The number of rotatable bonds is 9. The second-order valence-corrected chi connectivity index (χ2v) is 8.99. The van der Waals surface area contributed by atoms with Crippen molar-refractivity contribution in [2.24, 2.45) is 0 Å². The first kappa shape index (κ1) is 27.8. The lowest BCUT2D eigenvalue weighted by Crippen LogP contribution is -2.39. The van der Waals surface area contributed by atoms with Gasteiger partial charge in [-0.15, -0.1) is 12.4 Å². The predicted octanol–water partition coefficient (Wildman–Crippen LogP) is 4.78. The molecule has 1 amide bonds. The monoisotopic (exact) mass is 539 g/mol. The van der Waals surface area contributed by atoms with Gasteiger partial charge in [-0.05, 0) is 36.3 Å². The number of amides is 1. The van der Waals surface area contributed by atoms with Crippen LogP contribution in [-0.2, 0) is 9.53 Å². The molecule has 1 saturated heterocycles. The summed E-state index contributed by atoms with van der Waals surface area (Å²) in [4.78, 5) is 21.4. The molecule has 0 atom stereocenters. The van der Waals surface area contributed by atoms with Crippen molar-refractivity contribution >= 4 is 51.1 Å². The van der Waals surface area contributed by atoms with Gasteiger partial charge in [0.05, 0.1) is 32.1 Å². The molecule has 1 aromatic heterocycles. The number of fused-ring (bicyclic) bond motifs is 1. The highest BCUT2D eigenvalue weighted by Crippen LogP contribution is 2.32. The SMILES string of the molecule is COc1ccc(/C=C/C(=O)N(CCCN2CCOCC2)c2nc3c(F)cc(F)cc3s2)cc1OC.Cl. The van der Waals surface area contributed by atoms with E-state index in [1.165, 1.54) is 17.0 Å². The fourth-order valence-electron chi connectivity index (χ4n) is 3.85. The summed E-state index contributed by atoms with van der Waals surface area (Å²) in [5, 5.41) is 0.327. The average molecular weight is 540 g/mol. The number of halogens is 3. The minimum absolute atomic E-state index is 0. The Bertz CT molecular complexity index is 1220. The first-order valence-corrected chi connectivity index (χ1v) is 12.1. The fraction of sp³-hybridized carbons (Fsp3) is 0.360. The van der Waals surface area contributed by atoms with Crippen molar-refractivity contribution in [3.63, 3.8) is 0 Å². The molecule has 0 unspecified atom stereocenters. The topological polar surface area (TPSA) is 64.1 Å². The van der Waals surface area contributed by atoms with E-state index in [-0.39, 0.29) is 23.8 Å². The van der Waals surface area contributed by atoms with E-state index in [0.717, 1.165) is 42.6 Å². The van der Waals surface area contributed by atoms with Crippen LogP contribution in [0.3, 0.4) is 0 Å². The van der Waals surface area contributed by atoms with E-state index >= 15 is 0 Å². The predicted molar refractivity (Wildman–Crippen MR) is 140 cm³/mol. The van der Waals surface area contributed by atoms with Crippen LogP contribution in [0.4, 0.5) is 13.9 Å². The Morgan fingerprint density at radius 3 is 2.64 bits per heavy atom. The summed E-state index contributed by atoms with van der Waals surface area (Å²) in [6, 6.07) is 7.36. The Balaban J connectivity index is 0.00000361. The van der Waals surface area contributed by atoms with Gasteiger partial charge in [-0.1, -0.05) is 17.4 Å². The van der Waals surface area contributed by atoms with Crippen molar-refractivity contribution in [1.82, 2.24) is 9.88 Å². The van der Waals surface area contributed by atoms with Gasteiger partial charge in [0.25, 0.3) is 5.91 Å². The number of anilines is 1. The summed E-state index contributed by atoms with van der Waals surface area (Å²) < 4.78 is 44.3. The van der Waals surface area contributed by atoms with Crippen molar-refractivity contribution in [2.45, 2.75) is 6.42 Å². The number of nitrogens with zero attached hydrogens (tertiary/aromatic N) is 3. The molecule has 1 aliphatic rings. The van der Waals surface area contributed by atoms with Crippen LogP contribution in [0.25, 0.3) is 16.3 Å². The van der Waals surface area contributed by atoms with Gasteiger partial charge >= 0.3 is 0 Å². The molecule has 2 heterocycles. The number of morpholine rings is 1. The fourth-order valence-corrected chi connectivity index (χ4v) is 4.89. The van der Waals surface area contributed by atoms with Gasteiger partial charge < -0.3 is 14.2 Å². The van der Waals surface area contributed by atoms with Crippen LogP contribution in [0.15, 0.2) is 36.4 Å². The van der Waals surface area contributed by atoms with E-state index in [4.69, 9.17) is 14.2 Å². The Kier molecular flexibility index (Phi) is 10.0. The van der Waals surface area contributed by atoms with Crippen LogP contribution in [0.2, 0.25) is 0 Å². The molecule has 0 bridgehead atoms. The first-order chi connectivity index (χ1) is 17.0. The second kappa shape index (κ2) is 13.0. The zero-order valence-electron chi connectivity index (χ0n) is 20.0. The lowest BCUT2D eigenvalue weighted by Gasteiger charge is -2.27. The summed E-state index contributed by atoms with van der Waals surface area (Å²) in [6.45, 7) is 4.26. The highest BCUT2D eigenvalue weighted by Gasteiger charge is 2.20. The van der Waals surface area contributed by atoms with Crippen molar-refractivity contribution in [1.29, 1.82) is 0 Å². The molecule has 0 aliphatic carbocycles. The molecule has 194 valence electrons. The summed E-state index contributed by atoms with van der Waals surface area (Å²) in [6.07, 6.45) is 3.81. The average Bonchev–Trinajstić information content (AvgIpc) is 3.29. The highest BCUT2D eigenvalue weighted by atomic mass is 35.5. The zero-order valence-corrected chi connectivity index (χ0v) is 21.7. The first-order valence-electron chi connectivity index (χ1n) is 11.3. The van der Waals surface area contributed by atoms with E-state index in [0.29, 0.717) is 47.5 Å². The number of carbonyl (C=O) groups is 1. The van der Waals surface area contributed by atoms with Crippen LogP contribution in [0.5, 0.6) is 11.5 Å². The molecular formula is C25H28ClF2N3O4S. The van der Waals surface area contributed by atoms with Crippen LogP contribution in [0, 0.1) is 11.6 Å². The third-order valence-corrected chi connectivity index (χ3v) is 6.71. The molecule has 3 aromatic rings. The van der Waals surface area contributed by atoms with Crippen LogP contribution < -0.4 is 14.4 Å². The number of hydrogen-bond acceptors (Lipinski definition) is 7. The van der Waals surface area contributed by atoms with Gasteiger partial charge in [-0.25, -0.2) is 13.8 Å². The number of thiazole rings is 1. The van der Waals surface area contributed by atoms with Gasteiger partial charge in [-0.3, -0.25) is 14.6 Å². The highest BCUT2D eigenvalue weighted by molar-refractivity contribution is 7.22. The maximum Gasteiger partial charge on any atom is 0.252 e. The lowest BCUT2D eigenvalue weighted by atomic mass is 10.2. The van der Waals surface area contributed by atoms with E-state index in [1.54, 1.807) is 32.4 Å². The molecule has 11 heteroatoms. The number of aromatic nitrogens is 1. The Labute approximate surface area is 218 Å². The lowest BCUT2D eigenvalue weighted by molar-refractivity contribution is -0.114. The molecule has 0 radical (unpaired) electrons. The Morgan fingerprint density at radius 2 is 1.92 bits per heavy atom. The summed E-state index contributed by atoms with van der Waals surface area (Å²) in [7, 11) is 3.10. The maximum absolute atomic E-state index is 14.3. The zero-order chi connectivity index (χ0) is 24.8. The van der Waals surface area contributed by atoms with E-state index in [9.17, 15) is 13.6 Å². The number of carbonyl (C=O) groups excluding carboxylic acids is 1. The van der Waals surface area contributed by atoms with Gasteiger partial charge in [0.2, 0.25) is 0 Å². The second-order valence-electron chi connectivity index (χ2n) is 7.98. The molecule has 0 N–H and O–H groups in total. The molecule has 4 rings (SSSR count). The van der Waals surface area contributed by atoms with E-state index < -0.39 is 11.6 Å². The number of methoxy groups -OCH3 is 2. The van der Waals surface area contributed by atoms with E-state index in [1.807, 2.05) is 6.07 Å². The largest absolute Gasteiger partial charge is 0.493 e. The Morgan fingerprint density at radius 1 is 1.17 bits per heavy atom. The normalized spacial score (nSPS) is 14.1.